The lowest BCUT2D eigenvalue weighted by Gasteiger charge is -2.25. The number of rotatable bonds is 3. The molecule has 0 aliphatic heterocycles. The minimum absolute atomic E-state index is 0.0379. The first-order valence-electron chi connectivity index (χ1n) is 8.70. The number of hydrogen-bond donors (Lipinski definition) is 1. The maximum atomic E-state index is 12.7. The number of para-hydroxylation sites is 1. The molecular weight excluding hydrogens is 310 g/mol. The van der Waals surface area contributed by atoms with Gasteiger partial charge in [0.1, 0.15) is 0 Å². The van der Waals surface area contributed by atoms with Crippen molar-refractivity contribution in [2.24, 2.45) is 0 Å². The van der Waals surface area contributed by atoms with Crippen LogP contribution in [-0.2, 0) is 12.8 Å². The Balaban J connectivity index is 1.50. The van der Waals surface area contributed by atoms with Gasteiger partial charge in [-0.05, 0) is 49.4 Å². The number of nitrogens with one attached hydrogen (secondary N) is 1. The van der Waals surface area contributed by atoms with Gasteiger partial charge in [-0.25, -0.2) is 4.68 Å². The molecule has 1 heterocycles. The van der Waals surface area contributed by atoms with E-state index in [1.165, 1.54) is 11.1 Å². The fourth-order valence-corrected chi connectivity index (χ4v) is 3.55. The van der Waals surface area contributed by atoms with E-state index in [0.29, 0.717) is 5.56 Å². The first-order chi connectivity index (χ1) is 12.2. The molecule has 4 rings (SSSR count). The first-order valence-corrected chi connectivity index (χ1v) is 8.70. The maximum absolute atomic E-state index is 12.7. The fraction of sp³-hybridized carbons (Fsp3) is 0.238. The molecular formula is C21H21N3O. The third-order valence-electron chi connectivity index (χ3n) is 4.94. The van der Waals surface area contributed by atoms with Crippen LogP contribution >= 0.6 is 0 Å². The van der Waals surface area contributed by atoms with Crippen molar-refractivity contribution < 1.29 is 4.79 Å². The third kappa shape index (κ3) is 3.07. The standard InChI is InChI=1S/C21H21N3O/c1-15-20(14-22-24(15)19-9-3-2-4-10-19)21(25)23-18-12-11-16-7-5-6-8-17(16)13-18/h2-10,14,18H,11-13H2,1H3,(H,23,25)/t18-/m1/s1. The molecule has 2 aromatic carbocycles. The van der Waals surface area contributed by atoms with Crippen molar-refractivity contribution in [1.82, 2.24) is 15.1 Å². The van der Waals surface area contributed by atoms with Crippen LogP contribution in [0.4, 0.5) is 0 Å². The Bertz CT molecular complexity index is 899. The van der Waals surface area contributed by atoms with E-state index >= 15 is 0 Å². The SMILES string of the molecule is Cc1c(C(=O)N[C@@H]2CCc3ccccc3C2)cnn1-c1ccccc1. The molecule has 4 nitrogen and oxygen atoms in total. The van der Waals surface area contributed by atoms with Crippen LogP contribution in [0.15, 0.2) is 60.8 Å². The van der Waals surface area contributed by atoms with Crippen molar-refractivity contribution in [2.45, 2.75) is 32.2 Å². The van der Waals surface area contributed by atoms with Gasteiger partial charge < -0.3 is 5.32 Å². The highest BCUT2D eigenvalue weighted by Gasteiger charge is 2.22. The topological polar surface area (TPSA) is 46.9 Å². The van der Waals surface area contributed by atoms with Crippen LogP contribution in [0.5, 0.6) is 0 Å². The lowest BCUT2D eigenvalue weighted by Crippen LogP contribution is -2.39. The molecule has 0 radical (unpaired) electrons. The zero-order valence-electron chi connectivity index (χ0n) is 14.3. The van der Waals surface area contributed by atoms with Crippen LogP contribution < -0.4 is 5.32 Å². The quantitative estimate of drug-likeness (QED) is 0.799. The van der Waals surface area contributed by atoms with Crippen LogP contribution in [0, 0.1) is 6.92 Å². The minimum Gasteiger partial charge on any atom is -0.349 e. The monoisotopic (exact) mass is 331 g/mol. The van der Waals surface area contributed by atoms with Crippen molar-refractivity contribution in [3.63, 3.8) is 0 Å². The summed E-state index contributed by atoms with van der Waals surface area (Å²) in [5.74, 6) is -0.0379. The number of aromatic nitrogens is 2. The van der Waals surface area contributed by atoms with Gasteiger partial charge in [-0.1, -0.05) is 42.5 Å². The summed E-state index contributed by atoms with van der Waals surface area (Å²) in [5.41, 5.74) is 5.21. The number of aryl methyl sites for hydroxylation is 1. The van der Waals surface area contributed by atoms with Crippen LogP contribution in [0.2, 0.25) is 0 Å². The zero-order chi connectivity index (χ0) is 17.2. The van der Waals surface area contributed by atoms with Crippen LogP contribution in [0.3, 0.4) is 0 Å². The highest BCUT2D eigenvalue weighted by Crippen LogP contribution is 2.22. The average molecular weight is 331 g/mol. The predicted molar refractivity (Wildman–Crippen MR) is 98.0 cm³/mol. The number of benzene rings is 2. The molecule has 1 aliphatic carbocycles. The van der Waals surface area contributed by atoms with E-state index in [9.17, 15) is 4.79 Å². The summed E-state index contributed by atoms with van der Waals surface area (Å²) in [7, 11) is 0. The van der Waals surface area contributed by atoms with Gasteiger partial charge in [0.2, 0.25) is 0 Å². The number of nitrogens with zero attached hydrogens (tertiary/aromatic N) is 2. The molecule has 0 spiro atoms. The maximum Gasteiger partial charge on any atom is 0.254 e. The lowest BCUT2D eigenvalue weighted by molar-refractivity contribution is 0.0933. The van der Waals surface area contributed by atoms with E-state index in [1.807, 2.05) is 41.9 Å². The molecule has 0 bridgehead atoms. The van der Waals surface area contributed by atoms with Gasteiger partial charge in [-0.15, -0.1) is 0 Å². The Morgan fingerprint density at radius 2 is 1.80 bits per heavy atom. The Labute approximate surface area is 147 Å². The molecule has 1 N–H and O–H groups in total. The molecule has 1 aliphatic rings. The summed E-state index contributed by atoms with van der Waals surface area (Å²) in [4.78, 5) is 12.7. The van der Waals surface area contributed by atoms with Gasteiger partial charge in [-0.3, -0.25) is 4.79 Å². The van der Waals surface area contributed by atoms with Gasteiger partial charge in [0.25, 0.3) is 5.91 Å². The summed E-state index contributed by atoms with van der Waals surface area (Å²) in [6.45, 7) is 1.94. The second-order valence-corrected chi connectivity index (χ2v) is 6.57. The summed E-state index contributed by atoms with van der Waals surface area (Å²) in [6, 6.07) is 18.5. The van der Waals surface area contributed by atoms with Gasteiger partial charge in [0.05, 0.1) is 23.1 Å². The first kappa shape index (κ1) is 15.6. The van der Waals surface area contributed by atoms with Crippen molar-refractivity contribution in [3.8, 4) is 5.69 Å². The summed E-state index contributed by atoms with van der Waals surface area (Å²) in [6.07, 6.45) is 4.56. The van der Waals surface area contributed by atoms with E-state index in [2.05, 4.69) is 34.7 Å². The van der Waals surface area contributed by atoms with Crippen molar-refractivity contribution in [3.05, 3.63) is 83.2 Å². The summed E-state index contributed by atoms with van der Waals surface area (Å²) < 4.78 is 1.81. The second kappa shape index (κ2) is 6.55. The molecule has 25 heavy (non-hydrogen) atoms. The number of carbonyl (C=O) groups is 1. The summed E-state index contributed by atoms with van der Waals surface area (Å²) in [5, 5.41) is 7.58. The Morgan fingerprint density at radius 1 is 1.08 bits per heavy atom. The smallest absolute Gasteiger partial charge is 0.254 e. The van der Waals surface area contributed by atoms with Gasteiger partial charge in [0, 0.05) is 6.04 Å². The average Bonchev–Trinajstić information content (AvgIpc) is 3.04. The number of fused-ring (bicyclic) bond motifs is 1. The van der Waals surface area contributed by atoms with Crippen LogP contribution in [0.25, 0.3) is 5.69 Å². The van der Waals surface area contributed by atoms with E-state index in [0.717, 1.165) is 30.6 Å². The molecule has 4 heteroatoms. The summed E-state index contributed by atoms with van der Waals surface area (Å²) >= 11 is 0. The Hall–Kier alpha value is -2.88. The molecule has 0 saturated heterocycles. The van der Waals surface area contributed by atoms with E-state index < -0.39 is 0 Å². The molecule has 1 aromatic heterocycles. The Kier molecular flexibility index (Phi) is 4.10. The molecule has 0 saturated carbocycles. The largest absolute Gasteiger partial charge is 0.349 e. The number of carbonyl (C=O) groups excluding carboxylic acids is 1. The Morgan fingerprint density at radius 3 is 2.60 bits per heavy atom. The lowest BCUT2D eigenvalue weighted by atomic mass is 9.88. The van der Waals surface area contributed by atoms with Gasteiger partial charge in [0.15, 0.2) is 0 Å². The van der Waals surface area contributed by atoms with Crippen molar-refractivity contribution in [1.29, 1.82) is 0 Å². The highest BCUT2D eigenvalue weighted by molar-refractivity contribution is 5.95. The van der Waals surface area contributed by atoms with E-state index in [4.69, 9.17) is 0 Å². The predicted octanol–water partition coefficient (Wildman–Crippen LogP) is 3.47. The van der Waals surface area contributed by atoms with E-state index in [-0.39, 0.29) is 11.9 Å². The normalized spacial score (nSPS) is 16.3. The highest BCUT2D eigenvalue weighted by atomic mass is 16.1. The van der Waals surface area contributed by atoms with E-state index in [1.54, 1.807) is 6.20 Å². The molecule has 0 unspecified atom stereocenters. The van der Waals surface area contributed by atoms with Crippen LogP contribution in [0.1, 0.15) is 33.6 Å². The van der Waals surface area contributed by atoms with Gasteiger partial charge in [-0.2, -0.15) is 5.10 Å². The molecule has 3 aromatic rings. The number of amides is 1. The molecule has 1 amide bonds. The van der Waals surface area contributed by atoms with Crippen molar-refractivity contribution >= 4 is 5.91 Å². The minimum atomic E-state index is -0.0379. The molecule has 1 atom stereocenters. The van der Waals surface area contributed by atoms with Crippen molar-refractivity contribution in [2.75, 3.05) is 0 Å². The zero-order valence-corrected chi connectivity index (χ0v) is 14.3. The third-order valence-corrected chi connectivity index (χ3v) is 4.94. The molecule has 126 valence electrons. The fourth-order valence-electron chi connectivity index (χ4n) is 3.55. The number of hydrogen-bond acceptors (Lipinski definition) is 2. The van der Waals surface area contributed by atoms with Crippen LogP contribution in [-0.4, -0.2) is 21.7 Å². The second-order valence-electron chi connectivity index (χ2n) is 6.57. The molecule has 0 fully saturated rings. The van der Waals surface area contributed by atoms with Gasteiger partial charge >= 0.3 is 0 Å².